The molecule has 54 valence electrons. The molecule has 9 heavy (non-hydrogen) atoms. The molecule has 0 aromatic carbocycles. The highest BCUT2D eigenvalue weighted by Crippen LogP contribution is 2.29. The first-order chi connectivity index (χ1) is 4.34. The fourth-order valence-electron chi connectivity index (χ4n) is 1.42. The molecule has 1 saturated carbocycles. The average Bonchev–Trinajstić information content (AvgIpc) is 1.86. The molecule has 0 aromatic rings. The van der Waals surface area contributed by atoms with E-state index in [1.165, 1.54) is 32.1 Å². The number of unbranched alkanes of at least 4 members (excludes halogenated alkanes) is 1. The molecule has 1 nitrogen and oxygen atoms in total. The first-order valence-corrected chi connectivity index (χ1v) is 4.10. The van der Waals surface area contributed by atoms with E-state index >= 15 is 0 Å². The normalized spacial score (nSPS) is 34.0. The highest BCUT2D eigenvalue weighted by Gasteiger charge is 2.25. The quantitative estimate of drug-likeness (QED) is 0.615. The lowest BCUT2D eigenvalue weighted by atomic mass is 9.77. The second-order valence-corrected chi connectivity index (χ2v) is 3.14. The topological polar surface area (TPSA) is 26.0 Å². The van der Waals surface area contributed by atoms with Crippen LogP contribution in [0.25, 0.3) is 0 Å². The van der Waals surface area contributed by atoms with E-state index in [9.17, 15) is 0 Å². The minimum atomic E-state index is 0.552. The Balaban J connectivity index is 1.99. The Kier molecular flexibility index (Phi) is 2.52. The van der Waals surface area contributed by atoms with Gasteiger partial charge in [0.2, 0.25) is 0 Å². The van der Waals surface area contributed by atoms with E-state index in [2.05, 4.69) is 6.92 Å². The molecule has 0 spiro atoms. The van der Waals surface area contributed by atoms with Gasteiger partial charge in [0.05, 0.1) is 0 Å². The van der Waals surface area contributed by atoms with Crippen LogP contribution in [0.15, 0.2) is 0 Å². The molecular formula is C8H17N. The van der Waals surface area contributed by atoms with Crippen molar-refractivity contribution in [1.82, 2.24) is 0 Å². The van der Waals surface area contributed by atoms with Crippen LogP contribution < -0.4 is 5.73 Å². The molecule has 0 aromatic heterocycles. The van der Waals surface area contributed by atoms with E-state index in [0.717, 1.165) is 5.92 Å². The Bertz CT molecular complexity index is 80.6. The molecule has 1 rings (SSSR count). The molecule has 1 heteroatoms. The molecule has 2 unspecified atom stereocenters. The lowest BCUT2D eigenvalue weighted by Crippen LogP contribution is -2.39. The molecule has 0 radical (unpaired) electrons. The SMILES string of the molecule is CCCCC1CCC1N. The van der Waals surface area contributed by atoms with Crippen LogP contribution >= 0.6 is 0 Å². The summed E-state index contributed by atoms with van der Waals surface area (Å²) in [5.74, 6) is 0.880. The van der Waals surface area contributed by atoms with Crippen LogP contribution in [0.3, 0.4) is 0 Å². The van der Waals surface area contributed by atoms with Crippen molar-refractivity contribution in [3.63, 3.8) is 0 Å². The van der Waals surface area contributed by atoms with Crippen LogP contribution in [0.4, 0.5) is 0 Å². The summed E-state index contributed by atoms with van der Waals surface area (Å²) >= 11 is 0. The van der Waals surface area contributed by atoms with Gasteiger partial charge in [-0.25, -0.2) is 0 Å². The van der Waals surface area contributed by atoms with Crippen LogP contribution in [-0.2, 0) is 0 Å². The molecule has 0 heterocycles. The van der Waals surface area contributed by atoms with Gasteiger partial charge in [0.15, 0.2) is 0 Å². The number of rotatable bonds is 3. The van der Waals surface area contributed by atoms with Crippen molar-refractivity contribution in [1.29, 1.82) is 0 Å². The predicted octanol–water partition coefficient (Wildman–Crippen LogP) is 1.91. The van der Waals surface area contributed by atoms with E-state index < -0.39 is 0 Å². The summed E-state index contributed by atoms with van der Waals surface area (Å²) in [6, 6.07) is 0.552. The van der Waals surface area contributed by atoms with E-state index in [4.69, 9.17) is 5.73 Å². The van der Waals surface area contributed by atoms with E-state index in [1.54, 1.807) is 0 Å². The summed E-state index contributed by atoms with van der Waals surface area (Å²) in [5.41, 5.74) is 5.76. The first-order valence-electron chi connectivity index (χ1n) is 4.10. The van der Waals surface area contributed by atoms with Gasteiger partial charge in [-0.05, 0) is 25.2 Å². The summed E-state index contributed by atoms with van der Waals surface area (Å²) < 4.78 is 0. The van der Waals surface area contributed by atoms with Crippen LogP contribution in [0, 0.1) is 5.92 Å². The maximum Gasteiger partial charge on any atom is 0.00672 e. The van der Waals surface area contributed by atoms with Crippen LogP contribution in [0.1, 0.15) is 39.0 Å². The first kappa shape index (κ1) is 7.07. The number of nitrogens with two attached hydrogens (primary N) is 1. The second kappa shape index (κ2) is 3.21. The third-order valence-electron chi connectivity index (χ3n) is 2.40. The fourth-order valence-corrected chi connectivity index (χ4v) is 1.42. The number of hydrogen-bond donors (Lipinski definition) is 1. The molecule has 0 bridgehead atoms. The van der Waals surface area contributed by atoms with Crippen LogP contribution in [0.2, 0.25) is 0 Å². The minimum absolute atomic E-state index is 0.552. The molecule has 1 aliphatic rings. The average molecular weight is 127 g/mol. The summed E-state index contributed by atoms with van der Waals surface area (Å²) in [4.78, 5) is 0. The third-order valence-corrected chi connectivity index (χ3v) is 2.40. The third kappa shape index (κ3) is 1.68. The zero-order valence-corrected chi connectivity index (χ0v) is 6.27. The monoisotopic (exact) mass is 127 g/mol. The Labute approximate surface area is 57.6 Å². The van der Waals surface area contributed by atoms with Gasteiger partial charge in [-0.1, -0.05) is 19.8 Å². The van der Waals surface area contributed by atoms with E-state index in [-0.39, 0.29) is 0 Å². The maximum absolute atomic E-state index is 5.76. The Hall–Kier alpha value is -0.0400. The summed E-state index contributed by atoms with van der Waals surface area (Å²) in [6.45, 7) is 2.24. The standard InChI is InChI=1S/C8H17N/c1-2-3-4-7-5-6-8(7)9/h7-8H,2-6,9H2,1H3. The molecule has 2 atom stereocenters. The highest BCUT2D eigenvalue weighted by atomic mass is 14.7. The van der Waals surface area contributed by atoms with Gasteiger partial charge >= 0.3 is 0 Å². The zero-order chi connectivity index (χ0) is 6.69. The van der Waals surface area contributed by atoms with Crippen molar-refractivity contribution in [2.45, 2.75) is 45.1 Å². The van der Waals surface area contributed by atoms with Crippen molar-refractivity contribution in [3.8, 4) is 0 Å². The Morgan fingerprint density at radius 2 is 2.22 bits per heavy atom. The van der Waals surface area contributed by atoms with E-state index in [0.29, 0.717) is 6.04 Å². The molecule has 2 N–H and O–H groups in total. The smallest absolute Gasteiger partial charge is 0.00672 e. The van der Waals surface area contributed by atoms with Crippen molar-refractivity contribution in [2.75, 3.05) is 0 Å². The lowest BCUT2D eigenvalue weighted by Gasteiger charge is -2.33. The molecular weight excluding hydrogens is 110 g/mol. The fraction of sp³-hybridized carbons (Fsp3) is 1.00. The van der Waals surface area contributed by atoms with Gasteiger partial charge < -0.3 is 5.73 Å². The summed E-state index contributed by atoms with van der Waals surface area (Å²) in [5, 5.41) is 0. The minimum Gasteiger partial charge on any atom is -0.327 e. The van der Waals surface area contributed by atoms with Crippen LogP contribution in [-0.4, -0.2) is 6.04 Å². The Morgan fingerprint density at radius 3 is 2.56 bits per heavy atom. The Morgan fingerprint density at radius 1 is 1.44 bits per heavy atom. The largest absolute Gasteiger partial charge is 0.327 e. The van der Waals surface area contributed by atoms with E-state index in [1.807, 2.05) is 0 Å². The number of hydrogen-bond acceptors (Lipinski definition) is 1. The van der Waals surface area contributed by atoms with Crippen molar-refractivity contribution < 1.29 is 0 Å². The van der Waals surface area contributed by atoms with Gasteiger partial charge in [0.25, 0.3) is 0 Å². The molecule has 1 fully saturated rings. The van der Waals surface area contributed by atoms with Crippen molar-refractivity contribution in [2.24, 2.45) is 11.7 Å². The highest BCUT2D eigenvalue weighted by molar-refractivity contribution is 4.82. The summed E-state index contributed by atoms with van der Waals surface area (Å²) in [6.07, 6.45) is 6.73. The van der Waals surface area contributed by atoms with Crippen molar-refractivity contribution in [3.05, 3.63) is 0 Å². The van der Waals surface area contributed by atoms with Gasteiger partial charge in [-0.2, -0.15) is 0 Å². The second-order valence-electron chi connectivity index (χ2n) is 3.14. The maximum atomic E-state index is 5.76. The van der Waals surface area contributed by atoms with Crippen molar-refractivity contribution >= 4 is 0 Å². The summed E-state index contributed by atoms with van der Waals surface area (Å²) in [7, 11) is 0. The van der Waals surface area contributed by atoms with Crippen LogP contribution in [0.5, 0.6) is 0 Å². The zero-order valence-electron chi connectivity index (χ0n) is 6.27. The predicted molar refractivity (Wildman–Crippen MR) is 40.2 cm³/mol. The van der Waals surface area contributed by atoms with Gasteiger partial charge in [-0.3, -0.25) is 0 Å². The lowest BCUT2D eigenvalue weighted by molar-refractivity contribution is 0.236. The van der Waals surface area contributed by atoms with Gasteiger partial charge in [0, 0.05) is 6.04 Å². The molecule has 1 aliphatic carbocycles. The molecule has 0 saturated heterocycles. The molecule has 0 aliphatic heterocycles. The van der Waals surface area contributed by atoms with Gasteiger partial charge in [-0.15, -0.1) is 0 Å². The van der Waals surface area contributed by atoms with Gasteiger partial charge in [0.1, 0.15) is 0 Å². The molecule has 0 amide bonds.